The molecule has 5 rings (SSSR count). The van der Waals surface area contributed by atoms with Crippen molar-refractivity contribution in [3.63, 3.8) is 0 Å². The molecule has 1 aliphatic carbocycles. The summed E-state index contributed by atoms with van der Waals surface area (Å²) in [7, 11) is 1.63. The first-order valence-electron chi connectivity index (χ1n) is 9.50. The highest BCUT2D eigenvalue weighted by Gasteiger charge is 2.60. The fourth-order valence-corrected chi connectivity index (χ4v) is 4.76. The lowest BCUT2D eigenvalue weighted by Gasteiger charge is -2.34. The van der Waals surface area contributed by atoms with Gasteiger partial charge in [-0.1, -0.05) is 30.3 Å². The Morgan fingerprint density at radius 2 is 2.00 bits per heavy atom. The highest BCUT2D eigenvalue weighted by Crippen LogP contribution is 2.55. The van der Waals surface area contributed by atoms with Crippen LogP contribution in [0, 0.1) is 5.92 Å². The Balaban J connectivity index is 1.68. The van der Waals surface area contributed by atoms with Gasteiger partial charge in [-0.3, -0.25) is 9.59 Å². The molecule has 5 heteroatoms. The summed E-state index contributed by atoms with van der Waals surface area (Å²) < 4.78 is 5.41. The average Bonchev–Trinajstić information content (AvgIpc) is 3.41. The van der Waals surface area contributed by atoms with E-state index in [1.807, 2.05) is 53.4 Å². The van der Waals surface area contributed by atoms with Crippen molar-refractivity contribution in [3.05, 3.63) is 59.7 Å². The van der Waals surface area contributed by atoms with Crippen molar-refractivity contribution < 1.29 is 14.3 Å². The molecule has 2 aliphatic heterocycles. The van der Waals surface area contributed by atoms with Crippen LogP contribution in [0.4, 0.5) is 5.69 Å². The van der Waals surface area contributed by atoms with Gasteiger partial charge < -0.3 is 15.0 Å². The molecule has 27 heavy (non-hydrogen) atoms. The summed E-state index contributed by atoms with van der Waals surface area (Å²) in [6.45, 7) is 0.596. The number of amides is 2. The van der Waals surface area contributed by atoms with E-state index in [2.05, 4.69) is 5.32 Å². The molecule has 1 N–H and O–H groups in total. The highest BCUT2D eigenvalue weighted by atomic mass is 16.5. The van der Waals surface area contributed by atoms with E-state index in [1.54, 1.807) is 7.11 Å². The normalized spacial score (nSPS) is 26.2. The van der Waals surface area contributed by atoms with Gasteiger partial charge >= 0.3 is 0 Å². The van der Waals surface area contributed by atoms with Crippen LogP contribution in [0.1, 0.15) is 36.4 Å². The number of para-hydroxylation sites is 1. The molecule has 1 saturated carbocycles. The standard InChI is InChI=1S/C22H22N2O3/c1-27-16-6-4-5-15(13-16)19-22(11-12-24(19)20(25)14-9-10-14)17-7-2-3-8-18(17)23-21(22)26/h2-8,13-14,19H,9-12H2,1H3,(H,23,26). The van der Waals surface area contributed by atoms with Gasteiger partial charge in [0.05, 0.1) is 13.2 Å². The number of benzene rings is 2. The number of nitrogens with one attached hydrogen (secondary N) is 1. The number of ether oxygens (including phenoxy) is 1. The van der Waals surface area contributed by atoms with Crippen LogP contribution in [0.15, 0.2) is 48.5 Å². The van der Waals surface area contributed by atoms with Crippen LogP contribution in [0.2, 0.25) is 0 Å². The molecule has 2 fully saturated rings. The molecule has 138 valence electrons. The molecule has 3 aliphatic rings. The fourth-order valence-electron chi connectivity index (χ4n) is 4.76. The zero-order valence-corrected chi connectivity index (χ0v) is 15.3. The number of hydrogen-bond acceptors (Lipinski definition) is 3. The van der Waals surface area contributed by atoms with Crippen LogP contribution in [-0.4, -0.2) is 30.4 Å². The Morgan fingerprint density at radius 1 is 1.19 bits per heavy atom. The van der Waals surface area contributed by atoms with Gasteiger partial charge in [-0.05, 0) is 48.6 Å². The van der Waals surface area contributed by atoms with Gasteiger partial charge in [0.15, 0.2) is 0 Å². The summed E-state index contributed by atoms with van der Waals surface area (Å²) >= 11 is 0. The fraction of sp³-hybridized carbons (Fsp3) is 0.364. The summed E-state index contributed by atoms with van der Waals surface area (Å²) in [5.74, 6) is 1.02. The number of fused-ring (bicyclic) bond motifs is 2. The predicted molar refractivity (Wildman–Crippen MR) is 102 cm³/mol. The third kappa shape index (κ3) is 2.30. The Labute approximate surface area is 158 Å². The van der Waals surface area contributed by atoms with Crippen LogP contribution in [0.5, 0.6) is 5.75 Å². The SMILES string of the molecule is COc1cccc(C2N(C(=O)C3CC3)CCC23C(=O)Nc2ccccc23)c1. The third-order valence-corrected chi connectivity index (χ3v) is 6.21. The summed E-state index contributed by atoms with van der Waals surface area (Å²) in [6.07, 6.45) is 2.54. The van der Waals surface area contributed by atoms with Crippen molar-refractivity contribution in [2.75, 3.05) is 19.0 Å². The van der Waals surface area contributed by atoms with Gasteiger partial charge in [0, 0.05) is 18.2 Å². The minimum absolute atomic E-state index is 0.0115. The molecule has 0 radical (unpaired) electrons. The average molecular weight is 362 g/mol. The predicted octanol–water partition coefficient (Wildman–Crippen LogP) is 3.27. The minimum Gasteiger partial charge on any atom is -0.497 e. The second-order valence-electron chi connectivity index (χ2n) is 7.71. The van der Waals surface area contributed by atoms with Gasteiger partial charge in [0.1, 0.15) is 11.2 Å². The van der Waals surface area contributed by atoms with Crippen LogP contribution < -0.4 is 10.1 Å². The topological polar surface area (TPSA) is 58.6 Å². The lowest BCUT2D eigenvalue weighted by Crippen LogP contribution is -2.43. The first-order chi connectivity index (χ1) is 13.1. The molecule has 2 heterocycles. The van der Waals surface area contributed by atoms with Gasteiger partial charge in [-0.25, -0.2) is 0 Å². The van der Waals surface area contributed by atoms with E-state index >= 15 is 0 Å². The number of carbonyl (C=O) groups excluding carboxylic acids is 2. The number of likely N-dealkylation sites (tertiary alicyclic amines) is 1. The van der Waals surface area contributed by atoms with Gasteiger partial charge in [-0.15, -0.1) is 0 Å². The maximum atomic E-state index is 13.3. The lowest BCUT2D eigenvalue weighted by molar-refractivity contribution is -0.134. The Bertz CT molecular complexity index is 937. The molecule has 0 aromatic heterocycles. The molecular weight excluding hydrogens is 340 g/mol. The first-order valence-corrected chi connectivity index (χ1v) is 9.50. The summed E-state index contributed by atoms with van der Waals surface area (Å²) in [5.41, 5.74) is 2.06. The summed E-state index contributed by atoms with van der Waals surface area (Å²) in [4.78, 5) is 28.3. The zero-order valence-electron chi connectivity index (χ0n) is 15.3. The Morgan fingerprint density at radius 3 is 2.78 bits per heavy atom. The molecule has 1 spiro atoms. The number of hydrogen-bond donors (Lipinski definition) is 1. The number of methoxy groups -OCH3 is 1. The molecule has 0 bridgehead atoms. The Kier molecular flexibility index (Phi) is 3.54. The maximum absolute atomic E-state index is 13.3. The molecule has 5 nitrogen and oxygen atoms in total. The van der Waals surface area contributed by atoms with Crippen molar-refractivity contribution in [1.29, 1.82) is 0 Å². The minimum atomic E-state index is -0.743. The molecule has 2 atom stereocenters. The van der Waals surface area contributed by atoms with E-state index in [-0.39, 0.29) is 23.8 Å². The van der Waals surface area contributed by atoms with E-state index in [0.29, 0.717) is 13.0 Å². The van der Waals surface area contributed by atoms with Crippen LogP contribution in [-0.2, 0) is 15.0 Å². The first kappa shape index (κ1) is 16.4. The number of carbonyl (C=O) groups is 2. The van der Waals surface area contributed by atoms with E-state index in [9.17, 15) is 9.59 Å². The number of nitrogens with zero attached hydrogens (tertiary/aromatic N) is 1. The smallest absolute Gasteiger partial charge is 0.237 e. The van der Waals surface area contributed by atoms with Gasteiger partial charge in [0.2, 0.25) is 11.8 Å². The molecule has 1 saturated heterocycles. The molecule has 2 aromatic rings. The van der Waals surface area contributed by atoms with E-state index in [4.69, 9.17) is 4.74 Å². The highest BCUT2D eigenvalue weighted by molar-refractivity contribution is 6.07. The summed E-state index contributed by atoms with van der Waals surface area (Å²) in [6, 6.07) is 15.3. The van der Waals surface area contributed by atoms with Crippen molar-refractivity contribution in [2.24, 2.45) is 5.92 Å². The quantitative estimate of drug-likeness (QED) is 0.912. The molecular formula is C22H22N2O3. The van der Waals surface area contributed by atoms with Crippen LogP contribution in [0.25, 0.3) is 0 Å². The van der Waals surface area contributed by atoms with Crippen molar-refractivity contribution >= 4 is 17.5 Å². The lowest BCUT2D eigenvalue weighted by atomic mass is 9.72. The van der Waals surface area contributed by atoms with Gasteiger partial charge in [-0.2, -0.15) is 0 Å². The second-order valence-corrected chi connectivity index (χ2v) is 7.71. The molecule has 2 unspecified atom stereocenters. The molecule has 2 amide bonds. The van der Waals surface area contributed by atoms with E-state index in [0.717, 1.165) is 35.4 Å². The van der Waals surface area contributed by atoms with Crippen molar-refractivity contribution in [3.8, 4) is 5.75 Å². The second kappa shape index (κ2) is 5.84. The molecule has 2 aromatic carbocycles. The summed E-state index contributed by atoms with van der Waals surface area (Å²) in [5, 5.41) is 3.05. The van der Waals surface area contributed by atoms with E-state index < -0.39 is 5.41 Å². The zero-order chi connectivity index (χ0) is 18.6. The van der Waals surface area contributed by atoms with Gasteiger partial charge in [0.25, 0.3) is 0 Å². The monoisotopic (exact) mass is 362 g/mol. The van der Waals surface area contributed by atoms with Crippen LogP contribution in [0.3, 0.4) is 0 Å². The van der Waals surface area contributed by atoms with Crippen molar-refractivity contribution in [2.45, 2.75) is 30.7 Å². The maximum Gasteiger partial charge on any atom is 0.237 e. The third-order valence-electron chi connectivity index (χ3n) is 6.21. The number of rotatable bonds is 3. The Hall–Kier alpha value is -2.82. The van der Waals surface area contributed by atoms with Crippen LogP contribution >= 0.6 is 0 Å². The largest absolute Gasteiger partial charge is 0.497 e. The number of anilines is 1. The van der Waals surface area contributed by atoms with Crippen molar-refractivity contribution in [1.82, 2.24) is 4.90 Å². The van der Waals surface area contributed by atoms with E-state index in [1.165, 1.54) is 0 Å².